The number of nitrogens with one attached hydrogen (secondary N) is 1. The van der Waals surface area contributed by atoms with Gasteiger partial charge >= 0.3 is 6.03 Å². The Morgan fingerprint density at radius 1 is 1.31 bits per heavy atom. The van der Waals surface area contributed by atoms with Gasteiger partial charge in [-0.25, -0.2) is 4.79 Å². The van der Waals surface area contributed by atoms with Crippen LogP contribution < -0.4 is 10.2 Å². The van der Waals surface area contributed by atoms with Crippen molar-refractivity contribution in [2.24, 2.45) is 0 Å². The molecular formula is C20H27N5O. The average Bonchev–Trinajstić information content (AvgIpc) is 2.69. The molecule has 26 heavy (non-hydrogen) atoms. The van der Waals surface area contributed by atoms with Crippen LogP contribution in [0.1, 0.15) is 29.5 Å². The normalized spacial score (nSPS) is 17.0. The van der Waals surface area contributed by atoms with Gasteiger partial charge in [0, 0.05) is 32.9 Å². The summed E-state index contributed by atoms with van der Waals surface area (Å²) in [7, 11) is 1.88. The number of benzene rings is 1. The van der Waals surface area contributed by atoms with Crippen LogP contribution in [0.15, 0.2) is 36.5 Å². The lowest BCUT2D eigenvalue weighted by Crippen LogP contribution is -2.51. The lowest BCUT2D eigenvalue weighted by atomic mass is 10.0. The van der Waals surface area contributed by atoms with E-state index in [1.54, 1.807) is 6.20 Å². The smallest absolute Gasteiger partial charge is 0.317 e. The van der Waals surface area contributed by atoms with Crippen molar-refractivity contribution in [1.82, 2.24) is 20.4 Å². The average molecular weight is 353 g/mol. The van der Waals surface area contributed by atoms with Crippen molar-refractivity contribution in [1.29, 1.82) is 0 Å². The second-order valence-corrected chi connectivity index (χ2v) is 7.01. The third-order valence-electron chi connectivity index (χ3n) is 5.16. The first kappa shape index (κ1) is 18.2. The van der Waals surface area contributed by atoms with E-state index in [1.807, 2.05) is 24.1 Å². The molecule has 2 amide bonds. The minimum absolute atomic E-state index is 0.0331. The third-order valence-corrected chi connectivity index (χ3v) is 5.16. The maximum absolute atomic E-state index is 12.6. The van der Waals surface area contributed by atoms with Crippen LogP contribution in [0.2, 0.25) is 0 Å². The zero-order valence-corrected chi connectivity index (χ0v) is 15.8. The van der Waals surface area contributed by atoms with Gasteiger partial charge in [0.05, 0.1) is 6.04 Å². The van der Waals surface area contributed by atoms with Gasteiger partial charge in [-0.3, -0.25) is 0 Å². The SMILES string of the molecule is Cc1ccc(CNC(=O)N(C)[C@@H]2CCCN(c3cccnn3)C2)cc1C. The molecule has 0 unspecified atom stereocenters. The molecule has 1 atom stereocenters. The predicted molar refractivity (Wildman–Crippen MR) is 103 cm³/mol. The fourth-order valence-corrected chi connectivity index (χ4v) is 3.32. The lowest BCUT2D eigenvalue weighted by Gasteiger charge is -2.37. The highest BCUT2D eigenvalue weighted by atomic mass is 16.2. The topological polar surface area (TPSA) is 61.4 Å². The van der Waals surface area contributed by atoms with E-state index in [1.165, 1.54) is 11.1 Å². The van der Waals surface area contributed by atoms with E-state index in [0.29, 0.717) is 6.54 Å². The molecule has 0 aliphatic carbocycles. The van der Waals surface area contributed by atoms with E-state index < -0.39 is 0 Å². The van der Waals surface area contributed by atoms with Crippen LogP contribution in [0.5, 0.6) is 0 Å². The Hall–Kier alpha value is -2.63. The summed E-state index contributed by atoms with van der Waals surface area (Å²) in [5, 5.41) is 11.2. The number of carbonyl (C=O) groups is 1. The zero-order chi connectivity index (χ0) is 18.5. The number of amides is 2. The number of rotatable bonds is 4. The number of aromatic nitrogens is 2. The highest BCUT2D eigenvalue weighted by Gasteiger charge is 2.26. The van der Waals surface area contributed by atoms with E-state index in [2.05, 4.69) is 52.5 Å². The van der Waals surface area contributed by atoms with Gasteiger partial charge in [0.15, 0.2) is 5.82 Å². The summed E-state index contributed by atoms with van der Waals surface area (Å²) in [6.45, 7) is 6.47. The van der Waals surface area contributed by atoms with E-state index in [4.69, 9.17) is 0 Å². The highest BCUT2D eigenvalue weighted by Crippen LogP contribution is 2.19. The Morgan fingerprint density at radius 3 is 2.88 bits per heavy atom. The molecule has 0 bridgehead atoms. The Bertz CT molecular complexity index is 749. The van der Waals surface area contributed by atoms with Gasteiger partial charge in [-0.2, -0.15) is 5.10 Å². The van der Waals surface area contributed by atoms with Gasteiger partial charge in [0.1, 0.15) is 0 Å². The lowest BCUT2D eigenvalue weighted by molar-refractivity contribution is 0.182. The number of anilines is 1. The van der Waals surface area contributed by atoms with Crippen LogP contribution in [-0.4, -0.2) is 47.3 Å². The maximum atomic E-state index is 12.6. The van der Waals surface area contributed by atoms with Crippen molar-refractivity contribution >= 4 is 11.8 Å². The molecular weight excluding hydrogens is 326 g/mol. The quantitative estimate of drug-likeness (QED) is 0.918. The van der Waals surface area contributed by atoms with Gasteiger partial charge < -0.3 is 15.1 Å². The van der Waals surface area contributed by atoms with Crippen molar-refractivity contribution in [3.63, 3.8) is 0 Å². The van der Waals surface area contributed by atoms with Gasteiger partial charge in [-0.15, -0.1) is 5.10 Å². The van der Waals surface area contributed by atoms with E-state index in [-0.39, 0.29) is 12.1 Å². The first-order chi connectivity index (χ1) is 12.5. The molecule has 1 aromatic heterocycles. The molecule has 2 heterocycles. The molecule has 1 fully saturated rings. The number of nitrogens with zero attached hydrogens (tertiary/aromatic N) is 4. The molecule has 6 nitrogen and oxygen atoms in total. The number of likely N-dealkylation sites (N-methyl/N-ethyl adjacent to an activating group) is 1. The number of piperidine rings is 1. The Balaban J connectivity index is 1.56. The summed E-state index contributed by atoms with van der Waals surface area (Å²) in [5.41, 5.74) is 3.64. The molecule has 0 spiro atoms. The molecule has 6 heteroatoms. The minimum atomic E-state index is -0.0331. The summed E-state index contributed by atoms with van der Waals surface area (Å²) in [5.74, 6) is 0.876. The molecule has 3 rings (SSSR count). The Kier molecular flexibility index (Phi) is 5.71. The first-order valence-corrected chi connectivity index (χ1v) is 9.14. The molecule has 1 N–H and O–H groups in total. The standard InChI is InChI=1S/C20H27N5O/c1-15-8-9-17(12-16(15)2)13-21-20(26)24(3)18-6-5-11-25(14-18)19-7-4-10-22-23-19/h4,7-10,12,18H,5-6,11,13-14H2,1-3H3,(H,21,26)/t18-/m1/s1. The molecule has 1 saturated heterocycles. The van der Waals surface area contributed by atoms with Gasteiger partial charge in [-0.05, 0) is 55.5 Å². The van der Waals surface area contributed by atoms with Crippen molar-refractivity contribution in [3.05, 3.63) is 53.2 Å². The number of hydrogen-bond donors (Lipinski definition) is 1. The fourth-order valence-electron chi connectivity index (χ4n) is 3.32. The maximum Gasteiger partial charge on any atom is 0.317 e. The Morgan fingerprint density at radius 2 is 2.15 bits per heavy atom. The predicted octanol–water partition coefficient (Wildman–Crippen LogP) is 2.90. The molecule has 1 aliphatic rings. The second kappa shape index (κ2) is 8.17. The molecule has 0 radical (unpaired) electrons. The zero-order valence-electron chi connectivity index (χ0n) is 15.8. The number of carbonyl (C=O) groups excluding carboxylic acids is 1. The van der Waals surface area contributed by atoms with Crippen molar-refractivity contribution in [2.45, 2.75) is 39.3 Å². The second-order valence-electron chi connectivity index (χ2n) is 7.01. The molecule has 138 valence electrons. The summed E-state index contributed by atoms with van der Waals surface area (Å²) < 4.78 is 0. The fraction of sp³-hybridized carbons (Fsp3) is 0.450. The summed E-state index contributed by atoms with van der Waals surface area (Å²) >= 11 is 0. The number of hydrogen-bond acceptors (Lipinski definition) is 4. The van der Waals surface area contributed by atoms with Crippen LogP contribution in [0.3, 0.4) is 0 Å². The highest BCUT2D eigenvalue weighted by molar-refractivity contribution is 5.74. The van der Waals surface area contributed by atoms with E-state index in [0.717, 1.165) is 37.3 Å². The molecule has 1 aromatic carbocycles. The number of aryl methyl sites for hydroxylation is 2. The van der Waals surface area contributed by atoms with Crippen LogP contribution in [-0.2, 0) is 6.54 Å². The Labute approximate surface area is 155 Å². The third kappa shape index (κ3) is 4.31. The van der Waals surface area contributed by atoms with E-state index in [9.17, 15) is 4.79 Å². The summed E-state index contributed by atoms with van der Waals surface area (Å²) in [4.78, 5) is 16.6. The number of urea groups is 1. The van der Waals surface area contributed by atoms with Gasteiger partial charge in [0.2, 0.25) is 0 Å². The first-order valence-electron chi connectivity index (χ1n) is 9.14. The van der Waals surface area contributed by atoms with Crippen molar-refractivity contribution in [3.8, 4) is 0 Å². The monoisotopic (exact) mass is 353 g/mol. The summed E-state index contributed by atoms with van der Waals surface area (Å²) in [6.07, 6.45) is 3.72. The van der Waals surface area contributed by atoms with Gasteiger partial charge in [0.25, 0.3) is 0 Å². The minimum Gasteiger partial charge on any atom is -0.353 e. The van der Waals surface area contributed by atoms with Crippen LogP contribution in [0, 0.1) is 13.8 Å². The molecule has 1 aliphatic heterocycles. The van der Waals surface area contributed by atoms with Crippen LogP contribution in [0.25, 0.3) is 0 Å². The van der Waals surface area contributed by atoms with Crippen LogP contribution >= 0.6 is 0 Å². The van der Waals surface area contributed by atoms with Crippen LogP contribution in [0.4, 0.5) is 10.6 Å². The largest absolute Gasteiger partial charge is 0.353 e. The van der Waals surface area contributed by atoms with E-state index >= 15 is 0 Å². The molecule has 2 aromatic rings. The van der Waals surface area contributed by atoms with Gasteiger partial charge in [-0.1, -0.05) is 18.2 Å². The van der Waals surface area contributed by atoms with Crippen molar-refractivity contribution < 1.29 is 4.79 Å². The summed E-state index contributed by atoms with van der Waals surface area (Å²) in [6, 6.07) is 10.3. The van der Waals surface area contributed by atoms with Crippen molar-refractivity contribution in [2.75, 3.05) is 25.0 Å². The molecule has 0 saturated carbocycles.